The lowest BCUT2D eigenvalue weighted by atomic mass is 10.2. The molecule has 1 aliphatic heterocycles. The molecule has 2 amide bonds. The van der Waals surface area contributed by atoms with Crippen molar-refractivity contribution < 1.29 is 9.59 Å². The number of rotatable bonds is 3. The number of amides is 2. The molecule has 0 radical (unpaired) electrons. The molecule has 106 valence electrons. The highest BCUT2D eigenvalue weighted by Gasteiger charge is 2.38. The summed E-state index contributed by atoms with van der Waals surface area (Å²) in [5, 5.41) is 2.78. The first kappa shape index (κ1) is 14.3. The zero-order valence-electron chi connectivity index (χ0n) is 12.1. The highest BCUT2D eigenvalue weighted by molar-refractivity contribution is 6.03. The van der Waals surface area contributed by atoms with Gasteiger partial charge >= 0.3 is 0 Å². The van der Waals surface area contributed by atoms with Crippen molar-refractivity contribution in [1.29, 1.82) is 0 Å². The molecule has 1 saturated heterocycles. The monoisotopic (exact) mass is 272 g/mol. The summed E-state index contributed by atoms with van der Waals surface area (Å²) in [4.78, 5) is 25.9. The number of hydrogen-bond donors (Lipinski definition) is 1. The minimum absolute atomic E-state index is 0.0424. The smallest absolute Gasteiger partial charge is 0.249 e. The van der Waals surface area contributed by atoms with E-state index in [-0.39, 0.29) is 17.9 Å². The summed E-state index contributed by atoms with van der Waals surface area (Å²) in [5.74, 6) is -0.246. The quantitative estimate of drug-likeness (QED) is 0.858. The molecule has 1 N–H and O–H groups in total. The Hall–Kier alpha value is -2.10. The molecule has 1 aromatic carbocycles. The van der Waals surface area contributed by atoms with Gasteiger partial charge in [0.25, 0.3) is 0 Å². The van der Waals surface area contributed by atoms with Crippen LogP contribution in [-0.4, -0.2) is 23.9 Å². The van der Waals surface area contributed by atoms with Gasteiger partial charge in [0.05, 0.1) is 0 Å². The Morgan fingerprint density at radius 2 is 1.95 bits per heavy atom. The van der Waals surface area contributed by atoms with Crippen LogP contribution < -0.4 is 10.2 Å². The molecule has 4 nitrogen and oxygen atoms in total. The number of allylic oxidation sites excluding steroid dienone is 1. The standard InChI is InChI=1S/C16H20N2O2/c1-11(2)9-15(19)17-14-10-12(3)18(16(14)20)13-7-5-4-6-8-13/h4-9,12,14H,10H2,1-3H3,(H,17,19)/t12-,14-/m0/s1. The second kappa shape index (κ2) is 5.90. The number of carbonyl (C=O) groups excluding carboxylic acids is 2. The van der Waals surface area contributed by atoms with Crippen molar-refractivity contribution in [3.63, 3.8) is 0 Å². The minimum Gasteiger partial charge on any atom is -0.341 e. The number of anilines is 1. The van der Waals surface area contributed by atoms with Crippen LogP contribution in [0.4, 0.5) is 5.69 Å². The van der Waals surface area contributed by atoms with Crippen molar-refractivity contribution in [2.45, 2.75) is 39.3 Å². The number of para-hydroxylation sites is 1. The van der Waals surface area contributed by atoms with Crippen LogP contribution in [-0.2, 0) is 9.59 Å². The topological polar surface area (TPSA) is 49.4 Å². The van der Waals surface area contributed by atoms with Gasteiger partial charge in [-0.3, -0.25) is 9.59 Å². The average molecular weight is 272 g/mol. The summed E-state index contributed by atoms with van der Waals surface area (Å²) in [5.41, 5.74) is 1.80. The average Bonchev–Trinajstić information content (AvgIpc) is 2.64. The molecule has 1 aliphatic rings. The van der Waals surface area contributed by atoms with E-state index in [0.717, 1.165) is 11.3 Å². The molecule has 0 bridgehead atoms. The lowest BCUT2D eigenvalue weighted by Crippen LogP contribution is -2.41. The van der Waals surface area contributed by atoms with Gasteiger partial charge in [-0.15, -0.1) is 0 Å². The number of hydrogen-bond acceptors (Lipinski definition) is 2. The maximum absolute atomic E-state index is 12.4. The van der Waals surface area contributed by atoms with Gasteiger partial charge in [0.1, 0.15) is 6.04 Å². The van der Waals surface area contributed by atoms with E-state index in [0.29, 0.717) is 6.42 Å². The van der Waals surface area contributed by atoms with Crippen LogP contribution in [0.1, 0.15) is 27.2 Å². The highest BCUT2D eigenvalue weighted by Crippen LogP contribution is 2.26. The van der Waals surface area contributed by atoms with E-state index in [4.69, 9.17) is 0 Å². The van der Waals surface area contributed by atoms with Gasteiger partial charge < -0.3 is 10.2 Å². The third-order valence-electron chi connectivity index (χ3n) is 3.32. The first-order valence-electron chi connectivity index (χ1n) is 6.82. The predicted octanol–water partition coefficient (Wildman–Crippen LogP) is 2.26. The minimum atomic E-state index is -0.437. The lowest BCUT2D eigenvalue weighted by molar-refractivity contribution is -0.123. The van der Waals surface area contributed by atoms with Gasteiger partial charge in [0, 0.05) is 17.8 Å². The van der Waals surface area contributed by atoms with E-state index >= 15 is 0 Å². The summed E-state index contributed by atoms with van der Waals surface area (Å²) in [6.45, 7) is 5.71. The second-order valence-electron chi connectivity index (χ2n) is 5.41. The molecular weight excluding hydrogens is 252 g/mol. The highest BCUT2D eigenvalue weighted by atomic mass is 16.2. The molecule has 4 heteroatoms. The molecule has 20 heavy (non-hydrogen) atoms. The van der Waals surface area contributed by atoms with Crippen molar-refractivity contribution >= 4 is 17.5 Å². The van der Waals surface area contributed by atoms with Gasteiger partial charge in [-0.05, 0) is 39.3 Å². The Balaban J connectivity index is 2.11. The molecule has 0 unspecified atom stereocenters. The van der Waals surface area contributed by atoms with E-state index in [2.05, 4.69) is 5.32 Å². The van der Waals surface area contributed by atoms with Crippen LogP contribution in [0.2, 0.25) is 0 Å². The third-order valence-corrected chi connectivity index (χ3v) is 3.32. The zero-order valence-corrected chi connectivity index (χ0v) is 12.1. The maximum Gasteiger partial charge on any atom is 0.249 e. The van der Waals surface area contributed by atoms with Crippen LogP contribution in [0.5, 0.6) is 0 Å². The van der Waals surface area contributed by atoms with Crippen molar-refractivity contribution in [1.82, 2.24) is 5.32 Å². The van der Waals surface area contributed by atoms with Crippen LogP contribution in [0.3, 0.4) is 0 Å². The molecule has 1 aromatic rings. The van der Waals surface area contributed by atoms with Crippen LogP contribution in [0.15, 0.2) is 42.0 Å². The largest absolute Gasteiger partial charge is 0.341 e. The number of carbonyl (C=O) groups is 2. The Morgan fingerprint density at radius 1 is 1.30 bits per heavy atom. The number of nitrogens with one attached hydrogen (secondary N) is 1. The Morgan fingerprint density at radius 3 is 2.55 bits per heavy atom. The van der Waals surface area contributed by atoms with Crippen molar-refractivity contribution in [3.05, 3.63) is 42.0 Å². The molecule has 1 heterocycles. The van der Waals surface area contributed by atoms with E-state index in [1.54, 1.807) is 4.90 Å². The van der Waals surface area contributed by atoms with Gasteiger partial charge in [0.15, 0.2) is 0 Å². The molecule has 0 saturated carbocycles. The lowest BCUT2D eigenvalue weighted by Gasteiger charge is -2.21. The fraction of sp³-hybridized carbons (Fsp3) is 0.375. The molecular formula is C16H20N2O2. The normalized spacial score (nSPS) is 21.8. The van der Waals surface area contributed by atoms with Gasteiger partial charge in [-0.1, -0.05) is 23.8 Å². The second-order valence-corrected chi connectivity index (χ2v) is 5.41. The fourth-order valence-corrected chi connectivity index (χ4v) is 2.50. The summed E-state index contributed by atoms with van der Waals surface area (Å²) in [7, 11) is 0. The van der Waals surface area contributed by atoms with Crippen LogP contribution in [0, 0.1) is 0 Å². The molecule has 0 spiro atoms. The first-order chi connectivity index (χ1) is 9.49. The summed E-state index contributed by atoms with van der Waals surface area (Å²) in [6, 6.07) is 9.20. The van der Waals surface area contributed by atoms with Crippen LogP contribution in [0.25, 0.3) is 0 Å². The van der Waals surface area contributed by atoms with Crippen molar-refractivity contribution in [2.24, 2.45) is 0 Å². The number of nitrogens with zero attached hydrogens (tertiary/aromatic N) is 1. The third kappa shape index (κ3) is 3.07. The Bertz CT molecular complexity index is 533. The zero-order chi connectivity index (χ0) is 14.7. The fourth-order valence-electron chi connectivity index (χ4n) is 2.50. The maximum atomic E-state index is 12.4. The Labute approximate surface area is 119 Å². The van der Waals surface area contributed by atoms with E-state index in [1.165, 1.54) is 6.08 Å². The SMILES string of the molecule is CC(C)=CC(=O)N[C@H]1C[C@H](C)N(c2ccccc2)C1=O. The molecule has 2 rings (SSSR count). The van der Waals surface area contributed by atoms with Crippen molar-refractivity contribution in [3.8, 4) is 0 Å². The van der Waals surface area contributed by atoms with Crippen molar-refractivity contribution in [2.75, 3.05) is 4.90 Å². The van der Waals surface area contributed by atoms with Gasteiger partial charge in [-0.2, -0.15) is 0 Å². The van der Waals surface area contributed by atoms with Gasteiger partial charge in [-0.25, -0.2) is 0 Å². The van der Waals surface area contributed by atoms with Crippen LogP contribution >= 0.6 is 0 Å². The molecule has 0 aromatic heterocycles. The molecule has 2 atom stereocenters. The number of benzene rings is 1. The summed E-state index contributed by atoms with van der Waals surface area (Å²) < 4.78 is 0. The summed E-state index contributed by atoms with van der Waals surface area (Å²) >= 11 is 0. The predicted molar refractivity (Wildman–Crippen MR) is 79.4 cm³/mol. The molecule has 0 aliphatic carbocycles. The van der Waals surface area contributed by atoms with E-state index < -0.39 is 6.04 Å². The first-order valence-corrected chi connectivity index (χ1v) is 6.82. The Kier molecular flexibility index (Phi) is 4.23. The summed E-state index contributed by atoms with van der Waals surface area (Å²) in [6.07, 6.45) is 2.15. The van der Waals surface area contributed by atoms with E-state index in [1.807, 2.05) is 51.1 Å². The van der Waals surface area contributed by atoms with Gasteiger partial charge in [0.2, 0.25) is 11.8 Å². The van der Waals surface area contributed by atoms with E-state index in [9.17, 15) is 9.59 Å². The molecule has 1 fully saturated rings.